The number of hydrogen-bond acceptors (Lipinski definition) is 2. The largest absolute Gasteiger partial charge is 0.507 e. The molecule has 0 aromatic heterocycles. The molecule has 2 nitrogen and oxygen atoms in total. The lowest BCUT2D eigenvalue weighted by molar-refractivity contribution is -0.112. The second-order valence-corrected chi connectivity index (χ2v) is 5.75. The Bertz CT molecular complexity index is 355. The van der Waals surface area contributed by atoms with E-state index in [4.69, 9.17) is 0 Å². The second kappa shape index (κ2) is 5.61. The maximum absolute atomic E-state index is 11.4. The van der Waals surface area contributed by atoms with E-state index >= 15 is 0 Å². The number of ketones is 1. The van der Waals surface area contributed by atoms with Crippen molar-refractivity contribution in [1.82, 2.24) is 0 Å². The lowest BCUT2D eigenvalue weighted by Gasteiger charge is -1.98. The number of aliphatic hydroxyl groups is 1. The number of carbonyl (C=O) groups excluding carboxylic acids is 1. The molecular weight excluding hydrogens is 208 g/mol. The second-order valence-electron chi connectivity index (χ2n) is 3.49. The van der Waals surface area contributed by atoms with Gasteiger partial charge in [-0.15, -0.1) is 0 Å². The lowest BCUT2D eigenvalue weighted by Crippen LogP contribution is -2.11. The lowest BCUT2D eigenvalue weighted by atomic mass is 10.1. The average Bonchev–Trinajstić information content (AvgIpc) is 2.17. The molecule has 0 unspecified atom stereocenters. The molecule has 0 radical (unpaired) electrons. The Morgan fingerprint density at radius 2 is 1.93 bits per heavy atom. The van der Waals surface area contributed by atoms with Gasteiger partial charge in [0, 0.05) is 11.6 Å². The summed E-state index contributed by atoms with van der Waals surface area (Å²) in [6.45, 7) is 0. The standard InChI is InChI=1S/C12H14O2S/c1-15(2)9-11(13)8-12(14)10-6-4-3-5-7-10/h3-8H,9H2,1-2H3/p+1. The number of hydrogen-bond donors (Lipinski definition) is 1. The third kappa shape index (κ3) is 4.21. The van der Waals surface area contributed by atoms with Crippen molar-refractivity contribution in [3.63, 3.8) is 0 Å². The summed E-state index contributed by atoms with van der Waals surface area (Å²) in [6, 6.07) is 9.07. The van der Waals surface area contributed by atoms with Crippen LogP contribution in [-0.4, -0.2) is 29.2 Å². The summed E-state index contributed by atoms with van der Waals surface area (Å²) in [6.07, 6.45) is 5.32. The van der Waals surface area contributed by atoms with Gasteiger partial charge in [-0.1, -0.05) is 30.3 Å². The Balaban J connectivity index is 2.72. The highest BCUT2D eigenvalue weighted by Crippen LogP contribution is 2.10. The van der Waals surface area contributed by atoms with Gasteiger partial charge in [-0.05, 0) is 10.9 Å². The van der Waals surface area contributed by atoms with Crippen LogP contribution in [0.15, 0.2) is 36.4 Å². The molecular formula is C12H15O2S+. The van der Waals surface area contributed by atoms with Gasteiger partial charge in [0.1, 0.15) is 5.76 Å². The van der Waals surface area contributed by atoms with E-state index < -0.39 is 0 Å². The molecule has 0 aliphatic rings. The summed E-state index contributed by atoms with van der Waals surface area (Å²) in [5.74, 6) is 0.521. The smallest absolute Gasteiger partial charge is 0.208 e. The Labute approximate surface area is 93.0 Å². The van der Waals surface area contributed by atoms with Gasteiger partial charge in [0.25, 0.3) is 0 Å². The molecule has 0 aliphatic heterocycles. The normalized spacial score (nSPS) is 11.8. The van der Waals surface area contributed by atoms with Gasteiger partial charge < -0.3 is 5.11 Å². The SMILES string of the molecule is C[S+](C)CC(=O)C=C(O)c1ccccc1. The van der Waals surface area contributed by atoms with Crippen molar-refractivity contribution in [2.75, 3.05) is 18.3 Å². The van der Waals surface area contributed by atoms with Crippen molar-refractivity contribution in [1.29, 1.82) is 0 Å². The maximum atomic E-state index is 11.4. The first kappa shape index (κ1) is 11.9. The summed E-state index contributed by atoms with van der Waals surface area (Å²) >= 11 is 0. The fraction of sp³-hybridized carbons (Fsp3) is 0.250. The molecule has 1 aromatic rings. The Hall–Kier alpha value is -1.22. The predicted octanol–water partition coefficient (Wildman–Crippen LogP) is 2.03. The molecule has 0 aliphatic carbocycles. The van der Waals surface area contributed by atoms with E-state index in [1.807, 2.05) is 30.7 Å². The number of aliphatic hydroxyl groups excluding tert-OH is 1. The van der Waals surface area contributed by atoms with E-state index in [1.54, 1.807) is 12.1 Å². The number of benzene rings is 1. The van der Waals surface area contributed by atoms with Crippen LogP contribution >= 0.6 is 0 Å². The van der Waals surface area contributed by atoms with Gasteiger partial charge in [0.2, 0.25) is 5.78 Å². The summed E-state index contributed by atoms with van der Waals surface area (Å²) in [7, 11) is 0.0763. The van der Waals surface area contributed by atoms with Gasteiger partial charge in [0.15, 0.2) is 5.75 Å². The Kier molecular flexibility index (Phi) is 4.43. The highest BCUT2D eigenvalue weighted by Gasteiger charge is 2.10. The van der Waals surface area contributed by atoms with Crippen LogP contribution < -0.4 is 0 Å². The first-order chi connectivity index (χ1) is 7.09. The third-order valence-electron chi connectivity index (χ3n) is 1.80. The molecule has 80 valence electrons. The zero-order valence-corrected chi connectivity index (χ0v) is 9.75. The molecule has 15 heavy (non-hydrogen) atoms. The molecule has 0 atom stereocenters. The number of rotatable bonds is 4. The van der Waals surface area contributed by atoms with Gasteiger partial charge in [-0.25, -0.2) is 0 Å². The summed E-state index contributed by atoms with van der Waals surface area (Å²) < 4.78 is 0. The predicted molar refractivity (Wildman–Crippen MR) is 66.1 cm³/mol. The molecule has 0 saturated carbocycles. The van der Waals surface area contributed by atoms with Crippen molar-refractivity contribution >= 4 is 22.4 Å². The van der Waals surface area contributed by atoms with E-state index in [-0.39, 0.29) is 22.4 Å². The van der Waals surface area contributed by atoms with Gasteiger partial charge in [-0.3, -0.25) is 4.79 Å². The summed E-state index contributed by atoms with van der Waals surface area (Å²) in [4.78, 5) is 11.4. The molecule has 1 rings (SSSR count). The maximum Gasteiger partial charge on any atom is 0.208 e. The van der Waals surface area contributed by atoms with E-state index in [1.165, 1.54) is 6.08 Å². The molecule has 1 aromatic carbocycles. The van der Waals surface area contributed by atoms with Crippen LogP contribution in [0.2, 0.25) is 0 Å². The van der Waals surface area contributed by atoms with Crippen molar-refractivity contribution in [2.24, 2.45) is 0 Å². The van der Waals surface area contributed by atoms with Crippen LogP contribution in [0.4, 0.5) is 0 Å². The van der Waals surface area contributed by atoms with E-state index in [0.29, 0.717) is 11.3 Å². The minimum absolute atomic E-state index is 0.0234. The molecule has 3 heteroatoms. The quantitative estimate of drug-likeness (QED) is 0.482. The van der Waals surface area contributed by atoms with Crippen LogP contribution in [0.25, 0.3) is 5.76 Å². The first-order valence-electron chi connectivity index (χ1n) is 4.62. The monoisotopic (exact) mass is 223 g/mol. The molecule has 0 heterocycles. The van der Waals surface area contributed by atoms with Crippen LogP contribution in [0.5, 0.6) is 0 Å². The van der Waals surface area contributed by atoms with Crippen molar-refractivity contribution < 1.29 is 9.90 Å². The van der Waals surface area contributed by atoms with Crippen molar-refractivity contribution in [3.05, 3.63) is 42.0 Å². The average molecular weight is 223 g/mol. The highest BCUT2D eigenvalue weighted by atomic mass is 32.2. The number of carbonyl (C=O) groups is 1. The summed E-state index contributed by atoms with van der Waals surface area (Å²) in [5.41, 5.74) is 0.679. The van der Waals surface area contributed by atoms with Gasteiger partial charge >= 0.3 is 0 Å². The first-order valence-corrected chi connectivity index (χ1v) is 6.83. The van der Waals surface area contributed by atoms with Crippen LogP contribution in [-0.2, 0) is 15.7 Å². The minimum atomic E-state index is -0.0234. The van der Waals surface area contributed by atoms with Crippen LogP contribution in [0.1, 0.15) is 5.56 Å². The molecule has 0 saturated heterocycles. The fourth-order valence-electron chi connectivity index (χ4n) is 1.17. The van der Waals surface area contributed by atoms with Crippen molar-refractivity contribution in [3.8, 4) is 0 Å². The zero-order chi connectivity index (χ0) is 11.3. The van der Waals surface area contributed by atoms with Gasteiger partial charge in [0.05, 0.1) is 12.5 Å². The minimum Gasteiger partial charge on any atom is -0.507 e. The molecule has 0 amide bonds. The van der Waals surface area contributed by atoms with E-state index in [0.717, 1.165) is 0 Å². The summed E-state index contributed by atoms with van der Waals surface area (Å²) in [5, 5.41) is 9.65. The zero-order valence-electron chi connectivity index (χ0n) is 8.93. The van der Waals surface area contributed by atoms with Crippen molar-refractivity contribution in [2.45, 2.75) is 0 Å². The Morgan fingerprint density at radius 3 is 2.47 bits per heavy atom. The number of allylic oxidation sites excluding steroid dienone is 1. The molecule has 0 bridgehead atoms. The topological polar surface area (TPSA) is 37.3 Å². The fourth-order valence-corrected chi connectivity index (χ4v) is 1.82. The van der Waals surface area contributed by atoms with Crippen LogP contribution in [0.3, 0.4) is 0 Å². The van der Waals surface area contributed by atoms with E-state index in [9.17, 15) is 9.90 Å². The van der Waals surface area contributed by atoms with E-state index in [2.05, 4.69) is 0 Å². The Morgan fingerprint density at radius 1 is 1.33 bits per heavy atom. The molecule has 0 spiro atoms. The van der Waals surface area contributed by atoms with Crippen LogP contribution in [0, 0.1) is 0 Å². The highest BCUT2D eigenvalue weighted by molar-refractivity contribution is 7.96. The van der Waals surface area contributed by atoms with Gasteiger partial charge in [-0.2, -0.15) is 0 Å². The molecule has 1 N–H and O–H groups in total. The molecule has 0 fully saturated rings. The third-order valence-corrected chi connectivity index (χ3v) is 2.66.